The molecule has 1 saturated carbocycles. The summed E-state index contributed by atoms with van der Waals surface area (Å²) in [5, 5.41) is 4.34. The Hall–Kier alpha value is -1.17. The van der Waals surface area contributed by atoms with E-state index in [2.05, 4.69) is 10.3 Å². The summed E-state index contributed by atoms with van der Waals surface area (Å²) in [6, 6.07) is 5.39. The Morgan fingerprint density at radius 1 is 1.24 bits per heavy atom. The second kappa shape index (κ2) is 5.55. The van der Waals surface area contributed by atoms with Crippen LogP contribution in [0.4, 0.5) is 13.2 Å². The molecule has 1 saturated heterocycles. The highest BCUT2D eigenvalue weighted by Gasteiger charge is 2.39. The summed E-state index contributed by atoms with van der Waals surface area (Å²) in [5.74, 6) is 1.02. The molecule has 1 spiro atoms. The number of amidine groups is 1. The number of nitrogens with zero attached hydrogens (tertiary/aromatic N) is 1. The number of nitrogens with one attached hydrogen (secondary N) is 1. The number of hydrogen-bond donors (Lipinski definition) is 1. The molecule has 1 aliphatic heterocycles. The van der Waals surface area contributed by atoms with Crippen molar-refractivity contribution in [2.24, 2.45) is 4.99 Å². The highest BCUT2D eigenvalue weighted by Crippen LogP contribution is 2.37. The van der Waals surface area contributed by atoms with Crippen molar-refractivity contribution in [3.05, 3.63) is 35.4 Å². The minimum absolute atomic E-state index is 0.192. The minimum atomic E-state index is -4.29. The lowest BCUT2D eigenvalue weighted by Crippen LogP contribution is -2.40. The average Bonchev–Trinajstić information content (AvgIpc) is 3.07. The van der Waals surface area contributed by atoms with Crippen LogP contribution in [0.25, 0.3) is 0 Å². The Morgan fingerprint density at radius 2 is 2.00 bits per heavy atom. The molecule has 0 aromatic heterocycles. The van der Waals surface area contributed by atoms with Gasteiger partial charge in [0, 0.05) is 11.3 Å². The normalized spacial score (nSPS) is 22.9. The van der Waals surface area contributed by atoms with Crippen LogP contribution in [0.15, 0.2) is 29.3 Å². The molecule has 2 fully saturated rings. The number of thioether (sulfide) groups is 1. The van der Waals surface area contributed by atoms with Gasteiger partial charge in [0.15, 0.2) is 5.17 Å². The summed E-state index contributed by atoms with van der Waals surface area (Å²) in [6.45, 7) is 0.287. The Labute approximate surface area is 126 Å². The fourth-order valence-corrected chi connectivity index (χ4v) is 4.14. The molecule has 0 radical (unpaired) electrons. The van der Waals surface area contributed by atoms with Crippen molar-refractivity contribution < 1.29 is 13.2 Å². The molecule has 1 aliphatic carbocycles. The molecular formula is C15H17F3N2S. The van der Waals surface area contributed by atoms with Gasteiger partial charge in [0.1, 0.15) is 0 Å². The highest BCUT2D eigenvalue weighted by atomic mass is 32.2. The lowest BCUT2D eigenvalue weighted by molar-refractivity contribution is -0.137. The molecule has 114 valence electrons. The van der Waals surface area contributed by atoms with E-state index in [1.165, 1.54) is 37.8 Å². The van der Waals surface area contributed by atoms with Crippen molar-refractivity contribution in [2.75, 3.05) is 5.75 Å². The summed E-state index contributed by atoms with van der Waals surface area (Å²) in [6.07, 6.45) is 0.533. The monoisotopic (exact) mass is 314 g/mol. The molecule has 1 heterocycles. The van der Waals surface area contributed by atoms with Gasteiger partial charge < -0.3 is 5.32 Å². The van der Waals surface area contributed by atoms with Crippen LogP contribution in [-0.4, -0.2) is 16.5 Å². The van der Waals surface area contributed by atoms with Crippen LogP contribution in [0.5, 0.6) is 0 Å². The van der Waals surface area contributed by atoms with Crippen molar-refractivity contribution in [3.8, 4) is 0 Å². The summed E-state index contributed by atoms with van der Waals surface area (Å²) in [4.78, 5) is 4.44. The van der Waals surface area contributed by atoms with E-state index in [-0.39, 0.29) is 12.1 Å². The van der Waals surface area contributed by atoms with Crippen molar-refractivity contribution in [1.29, 1.82) is 0 Å². The van der Waals surface area contributed by atoms with E-state index in [0.717, 1.165) is 17.0 Å². The zero-order valence-electron chi connectivity index (χ0n) is 11.5. The van der Waals surface area contributed by atoms with Crippen LogP contribution in [0, 0.1) is 0 Å². The third kappa shape index (κ3) is 3.36. The lowest BCUT2D eigenvalue weighted by Gasteiger charge is -2.21. The number of benzene rings is 1. The molecule has 3 rings (SSSR count). The molecule has 1 N–H and O–H groups in total. The minimum Gasteiger partial charge on any atom is -0.359 e. The molecule has 0 unspecified atom stereocenters. The summed E-state index contributed by atoms with van der Waals surface area (Å²) >= 11 is 1.68. The van der Waals surface area contributed by atoms with Gasteiger partial charge in [-0.2, -0.15) is 13.2 Å². The first kappa shape index (κ1) is 14.8. The van der Waals surface area contributed by atoms with Crippen LogP contribution in [0.2, 0.25) is 0 Å². The average molecular weight is 314 g/mol. The van der Waals surface area contributed by atoms with Gasteiger partial charge >= 0.3 is 6.18 Å². The van der Waals surface area contributed by atoms with Crippen LogP contribution in [-0.2, 0) is 12.7 Å². The highest BCUT2D eigenvalue weighted by molar-refractivity contribution is 8.14. The number of alkyl halides is 3. The van der Waals surface area contributed by atoms with Gasteiger partial charge in [0.2, 0.25) is 0 Å². The Morgan fingerprint density at radius 3 is 2.71 bits per heavy atom. The molecule has 2 aliphatic rings. The zero-order chi connectivity index (χ0) is 14.9. The smallest absolute Gasteiger partial charge is 0.359 e. The Bertz CT molecular complexity index is 548. The van der Waals surface area contributed by atoms with Crippen LogP contribution >= 0.6 is 11.8 Å². The number of rotatable bonds is 2. The third-order valence-electron chi connectivity index (χ3n) is 4.08. The fourth-order valence-electron chi connectivity index (χ4n) is 2.92. The summed E-state index contributed by atoms with van der Waals surface area (Å²) in [7, 11) is 0. The maximum atomic E-state index is 12.7. The molecule has 0 amide bonds. The van der Waals surface area contributed by atoms with Gasteiger partial charge in [0.25, 0.3) is 0 Å². The largest absolute Gasteiger partial charge is 0.416 e. The fraction of sp³-hybridized carbons (Fsp3) is 0.533. The molecular weight excluding hydrogens is 297 g/mol. The van der Waals surface area contributed by atoms with Gasteiger partial charge in [-0.3, -0.25) is 4.99 Å². The van der Waals surface area contributed by atoms with E-state index in [1.807, 2.05) is 0 Å². The second-order valence-electron chi connectivity index (χ2n) is 5.72. The van der Waals surface area contributed by atoms with E-state index < -0.39 is 11.7 Å². The predicted molar refractivity (Wildman–Crippen MR) is 79.4 cm³/mol. The van der Waals surface area contributed by atoms with Gasteiger partial charge in [-0.25, -0.2) is 0 Å². The van der Waals surface area contributed by atoms with Crippen LogP contribution in [0.3, 0.4) is 0 Å². The SMILES string of the molecule is FC(F)(F)c1cccc(CN=C2NC3(CCCC3)CS2)c1. The predicted octanol–water partition coefficient (Wildman–Crippen LogP) is 4.21. The first-order valence-corrected chi connectivity index (χ1v) is 8.07. The summed E-state index contributed by atoms with van der Waals surface area (Å²) < 4.78 is 38.0. The molecule has 0 bridgehead atoms. The van der Waals surface area contributed by atoms with E-state index in [0.29, 0.717) is 5.56 Å². The number of hydrogen-bond acceptors (Lipinski definition) is 2. The molecule has 1 aromatic carbocycles. The van der Waals surface area contributed by atoms with Crippen LogP contribution < -0.4 is 5.32 Å². The molecule has 2 nitrogen and oxygen atoms in total. The number of aliphatic imine (C=N–C) groups is 1. The van der Waals surface area contributed by atoms with Crippen molar-refractivity contribution in [1.82, 2.24) is 5.32 Å². The van der Waals surface area contributed by atoms with E-state index in [9.17, 15) is 13.2 Å². The standard InChI is InChI=1S/C15H17F3N2S/c16-15(17,18)12-5-3-4-11(8-12)9-19-13-20-14(10-21-13)6-1-2-7-14/h3-5,8H,1-2,6-7,9-10H2,(H,19,20). The first-order chi connectivity index (χ1) is 9.97. The Balaban J connectivity index is 1.66. The van der Waals surface area contributed by atoms with Gasteiger partial charge in [-0.05, 0) is 30.5 Å². The topological polar surface area (TPSA) is 24.4 Å². The zero-order valence-corrected chi connectivity index (χ0v) is 12.4. The lowest BCUT2D eigenvalue weighted by atomic mass is 10.0. The maximum Gasteiger partial charge on any atom is 0.416 e. The quantitative estimate of drug-likeness (QED) is 0.884. The molecule has 21 heavy (non-hydrogen) atoms. The van der Waals surface area contributed by atoms with E-state index in [4.69, 9.17) is 0 Å². The van der Waals surface area contributed by atoms with Crippen molar-refractivity contribution in [3.63, 3.8) is 0 Å². The molecule has 0 atom stereocenters. The molecule has 1 aromatic rings. The number of halogens is 3. The third-order valence-corrected chi connectivity index (χ3v) is 5.28. The van der Waals surface area contributed by atoms with Gasteiger partial charge in [-0.1, -0.05) is 36.7 Å². The maximum absolute atomic E-state index is 12.7. The van der Waals surface area contributed by atoms with Crippen molar-refractivity contribution >= 4 is 16.9 Å². The van der Waals surface area contributed by atoms with Gasteiger partial charge in [0.05, 0.1) is 12.1 Å². The first-order valence-electron chi connectivity index (χ1n) is 7.09. The Kier molecular flexibility index (Phi) is 3.90. The van der Waals surface area contributed by atoms with E-state index in [1.54, 1.807) is 17.8 Å². The van der Waals surface area contributed by atoms with Gasteiger partial charge in [-0.15, -0.1) is 0 Å². The second-order valence-corrected chi connectivity index (χ2v) is 6.68. The van der Waals surface area contributed by atoms with Crippen LogP contribution in [0.1, 0.15) is 36.8 Å². The summed E-state index contributed by atoms with van der Waals surface area (Å²) in [5.41, 5.74) is 0.170. The van der Waals surface area contributed by atoms with E-state index >= 15 is 0 Å². The molecule has 6 heteroatoms. The van der Waals surface area contributed by atoms with Crippen molar-refractivity contribution in [2.45, 2.75) is 43.9 Å².